The number of ketones is 1. The predicted molar refractivity (Wildman–Crippen MR) is 75.5 cm³/mol. The number of benzene rings is 1. The third kappa shape index (κ3) is 3.17. The van der Waals surface area contributed by atoms with Crippen molar-refractivity contribution in [3.05, 3.63) is 29.8 Å². The van der Waals surface area contributed by atoms with E-state index in [4.69, 9.17) is 4.74 Å². The molecule has 2 saturated carbocycles. The Kier molecular flexibility index (Phi) is 3.58. The average molecular weight is 258 g/mol. The maximum atomic E-state index is 12.5. The third-order valence-corrected chi connectivity index (χ3v) is 4.27. The van der Waals surface area contributed by atoms with Gasteiger partial charge in [0.15, 0.2) is 5.78 Å². The fourth-order valence-corrected chi connectivity index (χ4v) is 2.98. The smallest absolute Gasteiger partial charge is 0.165 e. The molecule has 0 radical (unpaired) electrons. The van der Waals surface area contributed by atoms with Crippen molar-refractivity contribution in [2.24, 2.45) is 11.8 Å². The van der Waals surface area contributed by atoms with E-state index in [2.05, 4.69) is 6.92 Å². The van der Waals surface area contributed by atoms with Gasteiger partial charge in [0.25, 0.3) is 0 Å². The number of rotatable bonds is 4. The lowest BCUT2D eigenvalue weighted by atomic mass is 9.79. The zero-order valence-corrected chi connectivity index (χ0v) is 11.6. The molecule has 2 atom stereocenters. The highest BCUT2D eigenvalue weighted by atomic mass is 16.5. The Hall–Kier alpha value is -1.31. The molecule has 2 unspecified atom stereocenters. The van der Waals surface area contributed by atoms with E-state index >= 15 is 0 Å². The van der Waals surface area contributed by atoms with Gasteiger partial charge in [0, 0.05) is 11.5 Å². The standard InChI is InChI=1S/C17H22O2/c1-12-3-2-4-14(11-12)17(18)13-5-7-15(8-6-13)19-16-9-10-16/h5-8,12,14,16H,2-4,9-11H2,1H3. The van der Waals surface area contributed by atoms with Gasteiger partial charge < -0.3 is 4.74 Å². The van der Waals surface area contributed by atoms with Gasteiger partial charge in [0.05, 0.1) is 6.10 Å². The van der Waals surface area contributed by atoms with Crippen molar-refractivity contribution in [2.45, 2.75) is 51.6 Å². The molecule has 3 rings (SSSR count). The maximum absolute atomic E-state index is 12.5. The molecule has 0 amide bonds. The molecule has 0 aromatic heterocycles. The minimum atomic E-state index is 0.235. The molecule has 102 valence electrons. The molecule has 2 aliphatic carbocycles. The predicted octanol–water partition coefficient (Wildman–Crippen LogP) is 4.24. The summed E-state index contributed by atoms with van der Waals surface area (Å²) in [4.78, 5) is 12.5. The first-order valence-electron chi connectivity index (χ1n) is 7.53. The normalized spacial score (nSPS) is 27.0. The van der Waals surface area contributed by atoms with Gasteiger partial charge in [-0.05, 0) is 55.9 Å². The van der Waals surface area contributed by atoms with Crippen LogP contribution in [0.25, 0.3) is 0 Å². The molecule has 0 spiro atoms. The third-order valence-electron chi connectivity index (χ3n) is 4.27. The summed E-state index contributed by atoms with van der Waals surface area (Å²) in [5.41, 5.74) is 0.849. The lowest BCUT2D eigenvalue weighted by Gasteiger charge is -2.25. The quantitative estimate of drug-likeness (QED) is 0.755. The molecule has 1 aromatic rings. The summed E-state index contributed by atoms with van der Waals surface area (Å²) in [5, 5.41) is 0. The molecule has 2 nitrogen and oxygen atoms in total. The molecule has 0 aliphatic heterocycles. The molecule has 0 heterocycles. The molecule has 0 saturated heterocycles. The molecular weight excluding hydrogens is 236 g/mol. The van der Waals surface area contributed by atoms with Gasteiger partial charge in [-0.2, -0.15) is 0 Å². The second kappa shape index (κ2) is 5.36. The zero-order valence-electron chi connectivity index (χ0n) is 11.6. The van der Waals surface area contributed by atoms with Crippen LogP contribution >= 0.6 is 0 Å². The summed E-state index contributed by atoms with van der Waals surface area (Å²) in [6.07, 6.45) is 7.34. The van der Waals surface area contributed by atoms with Crippen molar-refractivity contribution in [3.63, 3.8) is 0 Å². The Morgan fingerprint density at radius 3 is 2.47 bits per heavy atom. The second-order valence-corrected chi connectivity index (χ2v) is 6.17. The highest BCUT2D eigenvalue weighted by Crippen LogP contribution is 2.32. The van der Waals surface area contributed by atoms with E-state index in [-0.39, 0.29) is 5.92 Å². The van der Waals surface area contributed by atoms with Gasteiger partial charge >= 0.3 is 0 Å². The Morgan fingerprint density at radius 1 is 1.11 bits per heavy atom. The number of carbonyl (C=O) groups is 1. The van der Waals surface area contributed by atoms with Gasteiger partial charge in [-0.1, -0.05) is 19.8 Å². The number of ether oxygens (including phenoxy) is 1. The average Bonchev–Trinajstić information content (AvgIpc) is 3.23. The van der Waals surface area contributed by atoms with Gasteiger partial charge in [-0.3, -0.25) is 4.79 Å². The fraction of sp³-hybridized carbons (Fsp3) is 0.588. The number of Topliss-reactive ketones (excluding diaryl/α,β-unsaturated/α-hetero) is 1. The molecule has 19 heavy (non-hydrogen) atoms. The van der Waals surface area contributed by atoms with E-state index in [0.717, 1.165) is 24.2 Å². The molecule has 0 bridgehead atoms. The van der Waals surface area contributed by atoms with Crippen LogP contribution in [0.15, 0.2) is 24.3 Å². The minimum Gasteiger partial charge on any atom is -0.490 e. The summed E-state index contributed by atoms with van der Waals surface area (Å²) in [7, 11) is 0. The van der Waals surface area contributed by atoms with Crippen LogP contribution in [0.4, 0.5) is 0 Å². The van der Waals surface area contributed by atoms with Crippen LogP contribution in [-0.2, 0) is 0 Å². The van der Waals surface area contributed by atoms with Crippen molar-refractivity contribution < 1.29 is 9.53 Å². The van der Waals surface area contributed by atoms with Crippen LogP contribution in [0.3, 0.4) is 0 Å². The largest absolute Gasteiger partial charge is 0.490 e. The number of hydrogen-bond donors (Lipinski definition) is 0. The molecule has 2 heteroatoms. The van der Waals surface area contributed by atoms with E-state index in [1.165, 1.54) is 25.7 Å². The van der Waals surface area contributed by atoms with E-state index in [0.29, 0.717) is 17.8 Å². The van der Waals surface area contributed by atoms with Crippen molar-refractivity contribution in [3.8, 4) is 5.75 Å². The summed E-state index contributed by atoms with van der Waals surface area (Å²) in [6.45, 7) is 2.26. The Balaban J connectivity index is 1.65. The second-order valence-electron chi connectivity index (χ2n) is 6.17. The number of hydrogen-bond acceptors (Lipinski definition) is 2. The molecule has 0 N–H and O–H groups in total. The van der Waals surface area contributed by atoms with Crippen LogP contribution in [0.1, 0.15) is 55.8 Å². The fourth-order valence-electron chi connectivity index (χ4n) is 2.98. The first-order valence-corrected chi connectivity index (χ1v) is 7.53. The van der Waals surface area contributed by atoms with Crippen LogP contribution in [-0.4, -0.2) is 11.9 Å². The van der Waals surface area contributed by atoms with Crippen LogP contribution < -0.4 is 4.74 Å². The lowest BCUT2D eigenvalue weighted by Crippen LogP contribution is -2.21. The Morgan fingerprint density at radius 2 is 1.84 bits per heavy atom. The van der Waals surface area contributed by atoms with E-state index in [1.807, 2.05) is 24.3 Å². The SMILES string of the molecule is CC1CCCC(C(=O)c2ccc(OC3CC3)cc2)C1. The summed E-state index contributed by atoms with van der Waals surface area (Å²) < 4.78 is 5.71. The van der Waals surface area contributed by atoms with Gasteiger partial charge in [0.1, 0.15) is 5.75 Å². The summed E-state index contributed by atoms with van der Waals surface area (Å²) in [5.74, 6) is 2.15. The van der Waals surface area contributed by atoms with Crippen molar-refractivity contribution in [1.82, 2.24) is 0 Å². The topological polar surface area (TPSA) is 26.3 Å². The Bertz CT molecular complexity index is 445. The summed E-state index contributed by atoms with van der Waals surface area (Å²) in [6, 6.07) is 7.74. The minimum absolute atomic E-state index is 0.235. The van der Waals surface area contributed by atoms with Crippen LogP contribution in [0, 0.1) is 11.8 Å². The number of carbonyl (C=O) groups excluding carboxylic acids is 1. The van der Waals surface area contributed by atoms with Gasteiger partial charge in [-0.15, -0.1) is 0 Å². The highest BCUT2D eigenvalue weighted by molar-refractivity contribution is 5.98. The Labute approximate surface area is 115 Å². The van der Waals surface area contributed by atoms with Crippen molar-refractivity contribution >= 4 is 5.78 Å². The molecule has 2 fully saturated rings. The van der Waals surface area contributed by atoms with Gasteiger partial charge in [-0.25, -0.2) is 0 Å². The first kappa shape index (κ1) is 12.7. The van der Waals surface area contributed by atoms with Crippen LogP contribution in [0.5, 0.6) is 5.75 Å². The lowest BCUT2D eigenvalue weighted by molar-refractivity contribution is 0.0868. The zero-order chi connectivity index (χ0) is 13.2. The van der Waals surface area contributed by atoms with Crippen molar-refractivity contribution in [1.29, 1.82) is 0 Å². The molecular formula is C17H22O2. The van der Waals surface area contributed by atoms with Gasteiger partial charge in [0.2, 0.25) is 0 Å². The summed E-state index contributed by atoms with van der Waals surface area (Å²) >= 11 is 0. The maximum Gasteiger partial charge on any atom is 0.165 e. The van der Waals surface area contributed by atoms with Crippen LogP contribution in [0.2, 0.25) is 0 Å². The first-order chi connectivity index (χ1) is 9.22. The molecule has 1 aromatic carbocycles. The monoisotopic (exact) mass is 258 g/mol. The highest BCUT2D eigenvalue weighted by Gasteiger charge is 2.26. The van der Waals surface area contributed by atoms with E-state index in [1.54, 1.807) is 0 Å². The molecule has 2 aliphatic rings. The van der Waals surface area contributed by atoms with E-state index < -0.39 is 0 Å². The van der Waals surface area contributed by atoms with Crippen molar-refractivity contribution in [2.75, 3.05) is 0 Å². The van der Waals surface area contributed by atoms with E-state index in [9.17, 15) is 4.79 Å².